The minimum Gasteiger partial charge on any atom is -0.467 e. The Kier molecular flexibility index (Phi) is 20.9. The third kappa shape index (κ3) is 15.9. The number of nitrogens with zero attached hydrogens (tertiary/aromatic N) is 1. The number of ether oxygens (including phenoxy) is 1. The van der Waals surface area contributed by atoms with Gasteiger partial charge < -0.3 is 57.6 Å². The topological polar surface area (TPSA) is 303 Å². The molecular weight excluding hydrogens is 879 g/mol. The first-order valence-electron chi connectivity index (χ1n) is 23.1. The number of nitrogens with one attached hydrogen (secondary N) is 7. The number of carbonyl (C=O) groups excluding carboxylic acids is 8. The maximum Gasteiger partial charge on any atom is 0.328 e. The number of hydrogen-bond donors (Lipinski definition) is 10. The Labute approximate surface area is 396 Å². The number of aliphatic hydroxyl groups is 2. The molecule has 9 atom stereocenters. The van der Waals surface area contributed by atoms with Crippen LogP contribution in [0.4, 0.5) is 0 Å². The summed E-state index contributed by atoms with van der Waals surface area (Å²) >= 11 is 0. The van der Waals surface area contributed by atoms with E-state index in [2.05, 4.69) is 36.9 Å². The summed E-state index contributed by atoms with van der Waals surface area (Å²) in [6, 6.07) is 8.51. The monoisotopic (exact) mass is 948 g/mol. The maximum absolute atomic E-state index is 14.2. The fourth-order valence-electron chi connectivity index (χ4n) is 8.31. The van der Waals surface area contributed by atoms with E-state index in [1.807, 2.05) is 38.1 Å². The van der Waals surface area contributed by atoms with E-state index in [1.54, 1.807) is 55.3 Å². The summed E-state index contributed by atoms with van der Waals surface area (Å²) in [5, 5.41) is 38.4. The molecule has 1 aliphatic rings. The van der Waals surface area contributed by atoms with Crippen LogP contribution in [-0.4, -0.2) is 143 Å². The first-order chi connectivity index (χ1) is 32.3. The zero-order valence-electron chi connectivity index (χ0n) is 39.7. The first kappa shape index (κ1) is 54.2. The van der Waals surface area contributed by atoms with Gasteiger partial charge >= 0.3 is 5.97 Å². The Morgan fingerprint density at radius 2 is 1.44 bits per heavy atom. The first-order valence-corrected chi connectivity index (χ1v) is 23.1. The van der Waals surface area contributed by atoms with E-state index in [1.165, 1.54) is 7.11 Å². The third-order valence-electron chi connectivity index (χ3n) is 12.1. The van der Waals surface area contributed by atoms with Crippen molar-refractivity contribution in [1.82, 2.24) is 41.8 Å². The normalized spacial score (nSPS) is 17.3. The van der Waals surface area contributed by atoms with E-state index in [9.17, 15) is 48.6 Å². The molecular formula is C48H69N9O11. The molecule has 1 fully saturated rings. The summed E-state index contributed by atoms with van der Waals surface area (Å²) in [7, 11) is 1.24. The van der Waals surface area contributed by atoms with Gasteiger partial charge in [0.25, 0.3) is 0 Å². The summed E-state index contributed by atoms with van der Waals surface area (Å²) in [5.74, 6) is -6.21. The number of methoxy groups -OCH3 is 1. The molecule has 2 aromatic carbocycles. The minimum absolute atomic E-state index is 0.0865. The number of esters is 1. The van der Waals surface area contributed by atoms with Gasteiger partial charge in [0.1, 0.15) is 30.2 Å². The van der Waals surface area contributed by atoms with Crippen LogP contribution >= 0.6 is 0 Å². The number of amides is 7. The Morgan fingerprint density at radius 1 is 0.809 bits per heavy atom. The molecule has 4 rings (SSSR count). The molecule has 0 aliphatic carbocycles. The lowest BCUT2D eigenvalue weighted by Crippen LogP contribution is -2.60. The summed E-state index contributed by atoms with van der Waals surface area (Å²) < 4.78 is 5.06. The van der Waals surface area contributed by atoms with Crippen LogP contribution in [0, 0.1) is 11.8 Å². The van der Waals surface area contributed by atoms with Gasteiger partial charge in [-0.1, -0.05) is 82.6 Å². The second kappa shape index (κ2) is 26.2. The van der Waals surface area contributed by atoms with E-state index >= 15 is 0 Å². The molecule has 3 aromatic rings. The summed E-state index contributed by atoms with van der Waals surface area (Å²) in [5.41, 5.74) is 7.93. The number of aromatic nitrogens is 1. The van der Waals surface area contributed by atoms with Gasteiger partial charge in [-0.15, -0.1) is 0 Å². The SMILES string of the molecule is CCC(C)[C@H](NC(=O)[C@@H]1CCCN1CC(O)[C@H](Cc1ccccc1)NC(=O)[C@H](CC(N)=O)NC(=O)[C@H](CC(C)C)NC(=O)[C@H](CO)NC(C)=O)C(=O)N[C@@H](Cc1c[nH]c2ccccc12)C(=O)OC. The molecule has 20 nitrogen and oxygen atoms in total. The van der Waals surface area contributed by atoms with Crippen molar-refractivity contribution in [2.75, 3.05) is 26.8 Å². The van der Waals surface area contributed by atoms with Crippen LogP contribution in [0.15, 0.2) is 60.8 Å². The van der Waals surface area contributed by atoms with E-state index in [4.69, 9.17) is 10.5 Å². The number of β-amino-alcohol motifs (C(OH)–C–C–N with tert-alkyl or cyclic N) is 1. The maximum atomic E-state index is 14.2. The highest BCUT2D eigenvalue weighted by Crippen LogP contribution is 2.22. The highest BCUT2D eigenvalue weighted by atomic mass is 16.5. The smallest absolute Gasteiger partial charge is 0.328 e. The van der Waals surface area contributed by atoms with Crippen molar-refractivity contribution in [1.29, 1.82) is 0 Å². The number of H-pyrrole nitrogens is 1. The highest BCUT2D eigenvalue weighted by molar-refractivity contribution is 5.96. The third-order valence-corrected chi connectivity index (χ3v) is 12.1. The van der Waals surface area contributed by atoms with Gasteiger partial charge in [-0.25, -0.2) is 4.79 Å². The number of primary amides is 1. The number of fused-ring (bicyclic) bond motifs is 1. The van der Waals surface area contributed by atoms with E-state index < -0.39 is 109 Å². The molecule has 11 N–H and O–H groups in total. The average molecular weight is 948 g/mol. The summed E-state index contributed by atoms with van der Waals surface area (Å²) in [4.78, 5) is 111. The lowest BCUT2D eigenvalue weighted by atomic mass is 9.96. The Hall–Kier alpha value is -6.38. The average Bonchev–Trinajstić information content (AvgIpc) is 3.95. The Morgan fingerprint density at radius 3 is 2.07 bits per heavy atom. The van der Waals surface area contributed by atoms with Gasteiger partial charge in [-0.05, 0) is 61.3 Å². The van der Waals surface area contributed by atoms with E-state index in [0.717, 1.165) is 29.0 Å². The zero-order valence-corrected chi connectivity index (χ0v) is 39.7. The number of likely N-dealkylation sites (tertiary alicyclic amines) is 1. The molecule has 0 radical (unpaired) electrons. The second-order valence-corrected chi connectivity index (χ2v) is 17.9. The fraction of sp³-hybridized carbons (Fsp3) is 0.542. The Bertz CT molecular complexity index is 2200. The highest BCUT2D eigenvalue weighted by Gasteiger charge is 2.39. The molecule has 1 saturated heterocycles. The molecule has 68 heavy (non-hydrogen) atoms. The van der Waals surface area contributed by atoms with Crippen LogP contribution in [0.3, 0.4) is 0 Å². The van der Waals surface area contributed by atoms with Gasteiger partial charge in [0.2, 0.25) is 41.4 Å². The number of hydrogen-bond acceptors (Lipinski definition) is 12. The van der Waals surface area contributed by atoms with Crippen LogP contribution in [0.1, 0.15) is 77.8 Å². The van der Waals surface area contributed by atoms with Crippen molar-refractivity contribution in [3.8, 4) is 0 Å². The lowest BCUT2D eigenvalue weighted by molar-refractivity contribution is -0.145. The quantitative estimate of drug-likeness (QED) is 0.0470. The molecule has 1 aromatic heterocycles. The van der Waals surface area contributed by atoms with Gasteiger partial charge in [0, 0.05) is 37.0 Å². The summed E-state index contributed by atoms with van der Waals surface area (Å²) in [6.45, 7) is 8.00. The van der Waals surface area contributed by atoms with Gasteiger partial charge in [-0.2, -0.15) is 0 Å². The second-order valence-electron chi connectivity index (χ2n) is 17.9. The molecule has 372 valence electrons. The van der Waals surface area contributed by atoms with Gasteiger partial charge in [-0.3, -0.25) is 38.5 Å². The molecule has 20 heteroatoms. The van der Waals surface area contributed by atoms with Crippen LogP contribution in [0.5, 0.6) is 0 Å². The van der Waals surface area contributed by atoms with Crippen LogP contribution in [0.25, 0.3) is 10.9 Å². The number of rotatable bonds is 26. The van der Waals surface area contributed by atoms with Crippen molar-refractivity contribution in [2.24, 2.45) is 17.6 Å². The number of benzene rings is 2. The largest absolute Gasteiger partial charge is 0.467 e. The molecule has 0 spiro atoms. The van der Waals surface area contributed by atoms with Crippen molar-refractivity contribution >= 4 is 58.2 Å². The predicted molar refractivity (Wildman–Crippen MR) is 252 cm³/mol. The Balaban J connectivity index is 1.51. The van der Waals surface area contributed by atoms with Crippen molar-refractivity contribution in [3.63, 3.8) is 0 Å². The van der Waals surface area contributed by atoms with Crippen molar-refractivity contribution in [2.45, 2.75) is 128 Å². The number of aromatic amines is 1. The fourth-order valence-corrected chi connectivity index (χ4v) is 8.31. The molecule has 2 unspecified atom stereocenters. The van der Waals surface area contributed by atoms with Crippen LogP contribution in [0.2, 0.25) is 0 Å². The molecule has 1 aliphatic heterocycles. The number of nitrogens with two attached hydrogens (primary N) is 1. The number of para-hydroxylation sites is 1. The van der Waals surface area contributed by atoms with Crippen LogP contribution in [-0.2, 0) is 55.9 Å². The minimum atomic E-state index is -1.55. The van der Waals surface area contributed by atoms with Crippen molar-refractivity contribution < 1.29 is 53.3 Å². The molecule has 0 bridgehead atoms. The molecule has 2 heterocycles. The van der Waals surface area contributed by atoms with Gasteiger partial charge in [0.05, 0.1) is 38.3 Å². The molecule has 0 saturated carbocycles. The zero-order chi connectivity index (χ0) is 50.1. The van der Waals surface area contributed by atoms with E-state index in [-0.39, 0.29) is 37.6 Å². The van der Waals surface area contributed by atoms with E-state index in [0.29, 0.717) is 25.8 Å². The summed E-state index contributed by atoms with van der Waals surface area (Å²) in [6.07, 6.45) is 1.66. The number of aliphatic hydroxyl groups excluding tert-OH is 2. The van der Waals surface area contributed by atoms with Crippen LogP contribution < -0.4 is 37.6 Å². The number of carbonyl (C=O) groups is 8. The lowest BCUT2D eigenvalue weighted by Gasteiger charge is -2.33. The van der Waals surface area contributed by atoms with Crippen molar-refractivity contribution in [3.05, 3.63) is 71.9 Å². The van der Waals surface area contributed by atoms with Gasteiger partial charge in [0.15, 0.2) is 0 Å². The standard InChI is InChI=1S/C48H69N9O11/c1-7-28(4)42(47(66)55-37(48(67)68-6)22-31-24-50-33-17-12-11-16-32(31)33)56-46(65)39-18-13-19-57(39)25-40(60)34(21-30-14-9-8-10-15-30)52-44(63)36(23-41(49)61)54-43(62)35(20-27(2)3)53-45(64)38(26-58)51-29(5)59/h8-12,14-17,24,27-28,34-40,42,50,58,60H,7,13,18-23,25-26H2,1-6H3,(H2,49,61)(H,51,59)(H,52,63)(H,53,64)(H,54,62)(H,55,66)(H,56,65)/t28?,34-,35-,36-,37-,38-,39-,40?,42-/m0/s1. The molecule has 7 amide bonds. The predicted octanol–water partition coefficient (Wildman–Crippen LogP) is -0.160.